The molecular formula is C21H21ClN4OS. The van der Waals surface area contributed by atoms with Crippen LogP contribution in [0.3, 0.4) is 0 Å². The molecule has 0 aliphatic rings. The first-order chi connectivity index (χ1) is 13.6. The number of hydrogen-bond acceptors (Lipinski definition) is 4. The number of nitrogens with one attached hydrogen (secondary N) is 1. The van der Waals surface area contributed by atoms with E-state index in [0.717, 1.165) is 17.0 Å². The quantitative estimate of drug-likeness (QED) is 0.428. The SMILES string of the molecule is C=CCn1c(SCC(=O)N[C@@H](C)c2ccccc2)nnc1-c1ccc(Cl)cc1. The summed E-state index contributed by atoms with van der Waals surface area (Å²) in [6.45, 7) is 6.33. The topological polar surface area (TPSA) is 59.8 Å². The maximum Gasteiger partial charge on any atom is 0.230 e. The van der Waals surface area contributed by atoms with Crippen LogP contribution in [0.1, 0.15) is 18.5 Å². The van der Waals surface area contributed by atoms with Crippen molar-refractivity contribution in [2.45, 2.75) is 24.7 Å². The molecule has 3 aromatic rings. The number of carbonyl (C=O) groups is 1. The molecule has 2 aromatic carbocycles. The fraction of sp³-hybridized carbons (Fsp3) is 0.190. The summed E-state index contributed by atoms with van der Waals surface area (Å²) in [4.78, 5) is 12.4. The summed E-state index contributed by atoms with van der Waals surface area (Å²) in [6, 6.07) is 17.2. The lowest BCUT2D eigenvalue weighted by Gasteiger charge is -2.14. The number of allylic oxidation sites excluding steroid dienone is 1. The van der Waals surface area contributed by atoms with Crippen molar-refractivity contribution in [2.24, 2.45) is 0 Å². The van der Waals surface area contributed by atoms with Gasteiger partial charge in [-0.25, -0.2) is 0 Å². The summed E-state index contributed by atoms with van der Waals surface area (Å²) in [5, 5.41) is 12.9. The summed E-state index contributed by atoms with van der Waals surface area (Å²) in [5.41, 5.74) is 1.98. The summed E-state index contributed by atoms with van der Waals surface area (Å²) >= 11 is 7.32. The van der Waals surface area contributed by atoms with Crippen LogP contribution in [-0.4, -0.2) is 26.4 Å². The Labute approximate surface area is 173 Å². The zero-order valence-corrected chi connectivity index (χ0v) is 17.1. The van der Waals surface area contributed by atoms with Crippen LogP contribution in [0.5, 0.6) is 0 Å². The van der Waals surface area contributed by atoms with Gasteiger partial charge in [-0.1, -0.05) is 59.8 Å². The van der Waals surface area contributed by atoms with Crippen LogP contribution in [0.15, 0.2) is 72.4 Å². The van der Waals surface area contributed by atoms with E-state index in [0.29, 0.717) is 16.7 Å². The van der Waals surface area contributed by atoms with Crippen LogP contribution in [0.25, 0.3) is 11.4 Å². The number of rotatable bonds is 8. The molecule has 0 unspecified atom stereocenters. The molecule has 5 nitrogen and oxygen atoms in total. The normalized spacial score (nSPS) is 11.8. The first kappa shape index (κ1) is 20.2. The molecule has 0 bridgehead atoms. The molecule has 1 heterocycles. The second-order valence-corrected chi connectivity index (χ2v) is 7.58. The Morgan fingerprint density at radius 2 is 1.93 bits per heavy atom. The fourth-order valence-electron chi connectivity index (χ4n) is 2.74. The van der Waals surface area contributed by atoms with Gasteiger partial charge in [-0.2, -0.15) is 0 Å². The van der Waals surface area contributed by atoms with Crippen molar-refractivity contribution in [3.63, 3.8) is 0 Å². The van der Waals surface area contributed by atoms with Crippen LogP contribution in [0.2, 0.25) is 5.02 Å². The van der Waals surface area contributed by atoms with E-state index >= 15 is 0 Å². The van der Waals surface area contributed by atoms with Crippen LogP contribution >= 0.6 is 23.4 Å². The zero-order valence-electron chi connectivity index (χ0n) is 15.5. The number of benzene rings is 2. The van der Waals surface area contributed by atoms with Crippen molar-refractivity contribution in [3.8, 4) is 11.4 Å². The molecule has 1 aromatic heterocycles. The van der Waals surface area contributed by atoms with E-state index in [4.69, 9.17) is 11.6 Å². The number of hydrogen-bond donors (Lipinski definition) is 1. The summed E-state index contributed by atoms with van der Waals surface area (Å²) in [6.07, 6.45) is 1.78. The fourth-order valence-corrected chi connectivity index (χ4v) is 3.62. The van der Waals surface area contributed by atoms with Gasteiger partial charge in [0.15, 0.2) is 11.0 Å². The van der Waals surface area contributed by atoms with Gasteiger partial charge < -0.3 is 5.32 Å². The van der Waals surface area contributed by atoms with Gasteiger partial charge in [0.25, 0.3) is 0 Å². The van der Waals surface area contributed by atoms with E-state index in [1.807, 2.05) is 66.1 Å². The van der Waals surface area contributed by atoms with E-state index in [9.17, 15) is 4.79 Å². The van der Waals surface area contributed by atoms with Crippen molar-refractivity contribution < 1.29 is 4.79 Å². The lowest BCUT2D eigenvalue weighted by atomic mass is 10.1. The van der Waals surface area contributed by atoms with Gasteiger partial charge in [0.1, 0.15) is 0 Å². The monoisotopic (exact) mass is 412 g/mol. The van der Waals surface area contributed by atoms with E-state index < -0.39 is 0 Å². The molecule has 0 saturated carbocycles. The van der Waals surface area contributed by atoms with Gasteiger partial charge >= 0.3 is 0 Å². The Hall–Kier alpha value is -2.57. The minimum Gasteiger partial charge on any atom is -0.349 e. The second-order valence-electron chi connectivity index (χ2n) is 6.20. The largest absolute Gasteiger partial charge is 0.349 e. The highest BCUT2D eigenvalue weighted by Gasteiger charge is 2.16. The Kier molecular flexibility index (Phi) is 6.90. The molecule has 0 spiro atoms. The molecule has 0 radical (unpaired) electrons. The highest BCUT2D eigenvalue weighted by molar-refractivity contribution is 7.99. The van der Waals surface area contributed by atoms with Crippen molar-refractivity contribution in [1.29, 1.82) is 0 Å². The molecule has 3 rings (SSSR count). The predicted molar refractivity (Wildman–Crippen MR) is 114 cm³/mol. The van der Waals surface area contributed by atoms with Gasteiger partial charge in [0.05, 0.1) is 11.8 Å². The smallest absolute Gasteiger partial charge is 0.230 e. The molecule has 1 atom stereocenters. The Morgan fingerprint density at radius 1 is 1.21 bits per heavy atom. The molecule has 0 aliphatic heterocycles. The molecule has 1 N–H and O–H groups in total. The molecule has 1 amide bonds. The lowest BCUT2D eigenvalue weighted by Crippen LogP contribution is -2.28. The molecule has 0 saturated heterocycles. The lowest BCUT2D eigenvalue weighted by molar-refractivity contribution is -0.119. The maximum absolute atomic E-state index is 12.4. The van der Waals surface area contributed by atoms with E-state index in [-0.39, 0.29) is 17.7 Å². The first-order valence-electron chi connectivity index (χ1n) is 8.85. The summed E-state index contributed by atoms with van der Waals surface area (Å²) < 4.78 is 1.94. The Morgan fingerprint density at radius 3 is 2.61 bits per heavy atom. The minimum absolute atomic E-state index is 0.0510. The number of nitrogens with zero attached hydrogens (tertiary/aromatic N) is 3. The molecule has 28 heavy (non-hydrogen) atoms. The average Bonchev–Trinajstić information content (AvgIpc) is 3.10. The first-order valence-corrected chi connectivity index (χ1v) is 10.2. The van der Waals surface area contributed by atoms with Crippen molar-refractivity contribution in [3.05, 3.63) is 77.8 Å². The number of amides is 1. The number of carbonyl (C=O) groups excluding carboxylic acids is 1. The third-order valence-corrected chi connectivity index (χ3v) is 5.36. The maximum atomic E-state index is 12.4. The highest BCUT2D eigenvalue weighted by atomic mass is 35.5. The van der Waals surface area contributed by atoms with Crippen LogP contribution < -0.4 is 5.32 Å². The van der Waals surface area contributed by atoms with Gasteiger partial charge in [0, 0.05) is 17.1 Å². The van der Waals surface area contributed by atoms with E-state index in [1.54, 1.807) is 6.08 Å². The van der Waals surface area contributed by atoms with Crippen LogP contribution in [-0.2, 0) is 11.3 Å². The van der Waals surface area contributed by atoms with Gasteiger partial charge in [-0.15, -0.1) is 16.8 Å². The minimum atomic E-state index is -0.0532. The van der Waals surface area contributed by atoms with E-state index in [2.05, 4.69) is 22.1 Å². The van der Waals surface area contributed by atoms with Crippen molar-refractivity contribution in [1.82, 2.24) is 20.1 Å². The second kappa shape index (κ2) is 9.57. The number of halogens is 1. The standard InChI is InChI=1S/C21H21ClN4OS/c1-3-13-26-20(17-9-11-18(22)12-10-17)24-25-21(26)28-14-19(27)23-15(2)16-7-5-4-6-8-16/h3-12,15H,1,13-14H2,2H3,(H,23,27)/t15-/m0/s1. The van der Waals surface area contributed by atoms with Crippen molar-refractivity contribution in [2.75, 3.05) is 5.75 Å². The molecular weight excluding hydrogens is 392 g/mol. The number of thioether (sulfide) groups is 1. The highest BCUT2D eigenvalue weighted by Crippen LogP contribution is 2.25. The molecule has 7 heteroatoms. The van der Waals surface area contributed by atoms with Gasteiger partial charge in [0.2, 0.25) is 5.91 Å². The van der Waals surface area contributed by atoms with Crippen LogP contribution in [0, 0.1) is 0 Å². The van der Waals surface area contributed by atoms with Crippen molar-refractivity contribution >= 4 is 29.3 Å². The molecule has 0 fully saturated rings. The molecule has 0 aliphatic carbocycles. The third-order valence-electron chi connectivity index (χ3n) is 4.14. The van der Waals surface area contributed by atoms with Gasteiger partial charge in [-0.3, -0.25) is 9.36 Å². The van der Waals surface area contributed by atoms with Gasteiger partial charge in [-0.05, 0) is 36.8 Å². The Balaban J connectivity index is 1.67. The average molecular weight is 413 g/mol. The summed E-state index contributed by atoms with van der Waals surface area (Å²) in [7, 11) is 0. The predicted octanol–water partition coefficient (Wildman–Crippen LogP) is 4.75. The van der Waals surface area contributed by atoms with Crippen LogP contribution in [0.4, 0.5) is 0 Å². The third kappa shape index (κ3) is 5.03. The molecule has 144 valence electrons. The Bertz CT molecular complexity index is 941. The zero-order chi connectivity index (χ0) is 19.9. The van der Waals surface area contributed by atoms with E-state index in [1.165, 1.54) is 11.8 Å². The number of aromatic nitrogens is 3. The summed E-state index contributed by atoms with van der Waals surface area (Å²) in [5.74, 6) is 0.923.